The SMILES string of the molecule is CCCn1c(C(=O)N(C)[C@@H](C)C(=O)O)cc2ccccc21. The number of fused-ring (bicyclic) bond motifs is 1. The first-order valence-corrected chi connectivity index (χ1v) is 7.05. The summed E-state index contributed by atoms with van der Waals surface area (Å²) in [5.41, 5.74) is 1.53. The molecule has 0 radical (unpaired) electrons. The summed E-state index contributed by atoms with van der Waals surface area (Å²) in [4.78, 5) is 24.9. The zero-order valence-electron chi connectivity index (χ0n) is 12.5. The van der Waals surface area contributed by atoms with E-state index in [1.807, 2.05) is 41.8 Å². The molecule has 2 aromatic rings. The van der Waals surface area contributed by atoms with Gasteiger partial charge in [0, 0.05) is 24.5 Å². The van der Waals surface area contributed by atoms with Crippen molar-refractivity contribution >= 4 is 22.8 Å². The number of aromatic nitrogens is 1. The van der Waals surface area contributed by atoms with Gasteiger partial charge in [-0.1, -0.05) is 25.1 Å². The van der Waals surface area contributed by atoms with Crippen molar-refractivity contribution in [3.8, 4) is 0 Å². The monoisotopic (exact) mass is 288 g/mol. The van der Waals surface area contributed by atoms with E-state index in [9.17, 15) is 9.59 Å². The molecule has 0 aliphatic heterocycles. The number of carboxylic acid groups (broad SMARTS) is 1. The molecular formula is C16H20N2O3. The minimum Gasteiger partial charge on any atom is -0.480 e. The van der Waals surface area contributed by atoms with Crippen LogP contribution in [-0.2, 0) is 11.3 Å². The van der Waals surface area contributed by atoms with Crippen LogP contribution in [0.3, 0.4) is 0 Å². The summed E-state index contributed by atoms with van der Waals surface area (Å²) in [6.45, 7) is 4.28. The average Bonchev–Trinajstić information content (AvgIpc) is 2.84. The zero-order chi connectivity index (χ0) is 15.6. The normalized spacial score (nSPS) is 12.3. The number of carboxylic acids is 1. The molecule has 1 aromatic carbocycles. The first-order chi connectivity index (χ1) is 9.97. The third-order valence-corrected chi connectivity index (χ3v) is 3.74. The summed E-state index contributed by atoms with van der Waals surface area (Å²) in [6, 6.07) is 8.77. The molecule has 21 heavy (non-hydrogen) atoms. The van der Waals surface area contributed by atoms with Crippen LogP contribution in [0.5, 0.6) is 0 Å². The summed E-state index contributed by atoms with van der Waals surface area (Å²) >= 11 is 0. The highest BCUT2D eigenvalue weighted by atomic mass is 16.4. The quantitative estimate of drug-likeness (QED) is 0.920. The summed E-state index contributed by atoms with van der Waals surface area (Å²) < 4.78 is 1.96. The second-order valence-electron chi connectivity index (χ2n) is 5.17. The van der Waals surface area contributed by atoms with E-state index in [-0.39, 0.29) is 5.91 Å². The number of amides is 1. The van der Waals surface area contributed by atoms with Crippen molar-refractivity contribution < 1.29 is 14.7 Å². The van der Waals surface area contributed by atoms with Gasteiger partial charge in [-0.15, -0.1) is 0 Å². The number of para-hydroxylation sites is 1. The number of hydrogen-bond donors (Lipinski definition) is 1. The highest BCUT2D eigenvalue weighted by Gasteiger charge is 2.25. The van der Waals surface area contributed by atoms with E-state index in [4.69, 9.17) is 5.11 Å². The number of aryl methyl sites for hydroxylation is 1. The number of carbonyl (C=O) groups excluding carboxylic acids is 1. The van der Waals surface area contributed by atoms with Crippen molar-refractivity contribution in [1.29, 1.82) is 0 Å². The predicted molar refractivity (Wildman–Crippen MR) is 81.4 cm³/mol. The highest BCUT2D eigenvalue weighted by molar-refractivity contribution is 6.00. The third-order valence-electron chi connectivity index (χ3n) is 3.74. The maximum atomic E-state index is 12.6. The molecule has 0 spiro atoms. The minimum absolute atomic E-state index is 0.269. The van der Waals surface area contributed by atoms with Crippen molar-refractivity contribution in [2.24, 2.45) is 0 Å². The molecule has 0 aliphatic rings. The molecule has 2 rings (SSSR count). The van der Waals surface area contributed by atoms with Gasteiger partial charge in [-0.25, -0.2) is 4.79 Å². The van der Waals surface area contributed by atoms with E-state index in [0.29, 0.717) is 5.69 Å². The number of nitrogens with zero attached hydrogens (tertiary/aromatic N) is 2. The van der Waals surface area contributed by atoms with Gasteiger partial charge in [-0.2, -0.15) is 0 Å². The van der Waals surface area contributed by atoms with Gasteiger partial charge in [0.15, 0.2) is 0 Å². The van der Waals surface area contributed by atoms with Gasteiger partial charge in [-0.05, 0) is 25.5 Å². The van der Waals surface area contributed by atoms with Gasteiger partial charge in [0.05, 0.1) is 0 Å². The van der Waals surface area contributed by atoms with E-state index < -0.39 is 12.0 Å². The van der Waals surface area contributed by atoms with Crippen LogP contribution in [-0.4, -0.2) is 39.5 Å². The second kappa shape index (κ2) is 5.99. The fourth-order valence-corrected chi connectivity index (χ4v) is 2.37. The predicted octanol–water partition coefficient (Wildman–Crippen LogP) is 2.60. The second-order valence-corrected chi connectivity index (χ2v) is 5.17. The number of aliphatic carboxylic acids is 1. The summed E-state index contributed by atoms with van der Waals surface area (Å²) in [6.07, 6.45) is 0.900. The van der Waals surface area contributed by atoms with Crippen LogP contribution in [0.15, 0.2) is 30.3 Å². The third kappa shape index (κ3) is 2.77. The molecule has 0 saturated heterocycles. The minimum atomic E-state index is -1.01. The first kappa shape index (κ1) is 15.1. The molecule has 1 heterocycles. The van der Waals surface area contributed by atoms with Crippen molar-refractivity contribution in [3.05, 3.63) is 36.0 Å². The summed E-state index contributed by atoms with van der Waals surface area (Å²) in [5, 5.41) is 10.1. The van der Waals surface area contributed by atoms with Crippen molar-refractivity contribution in [2.75, 3.05) is 7.05 Å². The molecule has 0 unspecified atom stereocenters. The molecule has 5 heteroatoms. The van der Waals surface area contributed by atoms with Gasteiger partial charge < -0.3 is 14.6 Å². The summed E-state index contributed by atoms with van der Waals surface area (Å²) in [5.74, 6) is -1.28. The number of benzene rings is 1. The van der Waals surface area contributed by atoms with E-state index in [0.717, 1.165) is 23.9 Å². The lowest BCUT2D eigenvalue weighted by atomic mass is 10.2. The lowest BCUT2D eigenvalue weighted by Crippen LogP contribution is -2.41. The van der Waals surface area contributed by atoms with Crippen LogP contribution in [0.25, 0.3) is 10.9 Å². The highest BCUT2D eigenvalue weighted by Crippen LogP contribution is 2.21. The number of carbonyl (C=O) groups is 2. The van der Waals surface area contributed by atoms with Crippen LogP contribution in [0.4, 0.5) is 0 Å². The molecular weight excluding hydrogens is 268 g/mol. The Balaban J connectivity index is 2.47. The Morgan fingerprint density at radius 2 is 2.00 bits per heavy atom. The molecule has 1 amide bonds. The lowest BCUT2D eigenvalue weighted by Gasteiger charge is -2.22. The van der Waals surface area contributed by atoms with Gasteiger partial charge in [0.25, 0.3) is 5.91 Å². The fraction of sp³-hybridized carbons (Fsp3) is 0.375. The maximum absolute atomic E-state index is 12.6. The molecule has 1 N–H and O–H groups in total. The van der Waals surface area contributed by atoms with Crippen LogP contribution < -0.4 is 0 Å². The van der Waals surface area contributed by atoms with Crippen molar-refractivity contribution in [1.82, 2.24) is 9.47 Å². The van der Waals surface area contributed by atoms with Crippen LogP contribution in [0.1, 0.15) is 30.8 Å². The standard InChI is InChI=1S/C16H20N2O3/c1-4-9-18-13-8-6-5-7-12(13)10-14(18)15(19)17(3)11(2)16(20)21/h5-8,10-11H,4,9H2,1-3H3,(H,20,21)/t11-/m0/s1. The van der Waals surface area contributed by atoms with E-state index >= 15 is 0 Å². The molecule has 0 bridgehead atoms. The Morgan fingerprint density at radius 1 is 1.33 bits per heavy atom. The Bertz CT molecular complexity index is 675. The number of rotatable bonds is 5. The van der Waals surface area contributed by atoms with Crippen molar-refractivity contribution in [2.45, 2.75) is 32.9 Å². The number of hydrogen-bond acceptors (Lipinski definition) is 2. The van der Waals surface area contributed by atoms with Gasteiger partial charge in [0.2, 0.25) is 0 Å². The largest absolute Gasteiger partial charge is 0.480 e. The fourth-order valence-electron chi connectivity index (χ4n) is 2.37. The van der Waals surface area contributed by atoms with Crippen molar-refractivity contribution in [3.63, 3.8) is 0 Å². The molecule has 0 saturated carbocycles. The van der Waals surface area contributed by atoms with Crippen LogP contribution in [0, 0.1) is 0 Å². The Hall–Kier alpha value is -2.30. The lowest BCUT2D eigenvalue weighted by molar-refractivity contribution is -0.141. The Labute approximate surface area is 123 Å². The molecule has 0 fully saturated rings. The maximum Gasteiger partial charge on any atom is 0.326 e. The number of likely N-dealkylation sites (N-methyl/N-ethyl adjacent to an activating group) is 1. The smallest absolute Gasteiger partial charge is 0.326 e. The summed E-state index contributed by atoms with van der Waals surface area (Å²) in [7, 11) is 1.52. The molecule has 112 valence electrons. The van der Waals surface area contributed by atoms with E-state index in [1.165, 1.54) is 18.9 Å². The van der Waals surface area contributed by atoms with Crippen LogP contribution >= 0.6 is 0 Å². The molecule has 5 nitrogen and oxygen atoms in total. The Kier molecular flexibility index (Phi) is 4.31. The van der Waals surface area contributed by atoms with Gasteiger partial charge in [0.1, 0.15) is 11.7 Å². The average molecular weight is 288 g/mol. The molecule has 1 aromatic heterocycles. The Morgan fingerprint density at radius 3 is 2.62 bits per heavy atom. The van der Waals surface area contributed by atoms with Gasteiger partial charge >= 0.3 is 5.97 Å². The van der Waals surface area contributed by atoms with Crippen LogP contribution in [0.2, 0.25) is 0 Å². The van der Waals surface area contributed by atoms with E-state index in [1.54, 1.807) is 0 Å². The first-order valence-electron chi connectivity index (χ1n) is 7.05. The topological polar surface area (TPSA) is 62.5 Å². The van der Waals surface area contributed by atoms with Gasteiger partial charge in [-0.3, -0.25) is 4.79 Å². The van der Waals surface area contributed by atoms with E-state index in [2.05, 4.69) is 0 Å². The zero-order valence-corrected chi connectivity index (χ0v) is 12.5. The molecule has 0 aliphatic carbocycles. The molecule has 1 atom stereocenters.